The van der Waals surface area contributed by atoms with Crippen LogP contribution in [0.1, 0.15) is 16.7 Å². The summed E-state index contributed by atoms with van der Waals surface area (Å²) >= 11 is 0. The second-order valence-corrected chi connectivity index (χ2v) is 4.78. The molecule has 0 radical (unpaired) electrons. The minimum Gasteiger partial charge on any atom is -0.493 e. The molecule has 0 amide bonds. The molecule has 0 aliphatic heterocycles. The summed E-state index contributed by atoms with van der Waals surface area (Å²) in [7, 11) is 3.24. The predicted molar refractivity (Wildman–Crippen MR) is 86.7 cm³/mol. The van der Waals surface area contributed by atoms with E-state index in [1.807, 2.05) is 24.3 Å². The van der Waals surface area contributed by atoms with Crippen molar-refractivity contribution in [3.05, 3.63) is 53.1 Å². The van der Waals surface area contributed by atoms with E-state index in [9.17, 15) is 0 Å². The van der Waals surface area contributed by atoms with Crippen LogP contribution >= 0.6 is 0 Å². The monoisotopic (exact) mass is 284 g/mol. The Morgan fingerprint density at radius 2 is 1.67 bits per heavy atom. The first kappa shape index (κ1) is 14.9. The van der Waals surface area contributed by atoms with Crippen LogP contribution in [-0.4, -0.2) is 20.4 Å². The van der Waals surface area contributed by atoms with Crippen molar-refractivity contribution >= 4 is 11.9 Å². The zero-order valence-corrected chi connectivity index (χ0v) is 12.8. The van der Waals surface area contributed by atoms with Crippen LogP contribution in [0.4, 0.5) is 5.69 Å². The normalized spacial score (nSPS) is 10.7. The molecule has 0 aromatic heterocycles. The van der Waals surface area contributed by atoms with E-state index < -0.39 is 0 Å². The van der Waals surface area contributed by atoms with E-state index in [0.717, 1.165) is 11.3 Å². The number of nitrogens with zero attached hydrogens (tertiary/aromatic N) is 1. The maximum atomic E-state index is 5.26. The molecule has 0 fully saturated rings. The Morgan fingerprint density at radius 3 is 2.33 bits per heavy atom. The van der Waals surface area contributed by atoms with E-state index in [1.54, 1.807) is 20.4 Å². The van der Waals surface area contributed by atoms with Crippen LogP contribution < -0.4 is 14.9 Å². The summed E-state index contributed by atoms with van der Waals surface area (Å²) in [6.45, 7) is 4.17. The highest BCUT2D eigenvalue weighted by Gasteiger charge is 2.02. The van der Waals surface area contributed by atoms with Crippen LogP contribution in [-0.2, 0) is 0 Å². The van der Waals surface area contributed by atoms with Gasteiger partial charge in [0.05, 0.1) is 26.1 Å². The molecule has 4 nitrogen and oxygen atoms in total. The number of anilines is 1. The van der Waals surface area contributed by atoms with Crippen molar-refractivity contribution in [2.45, 2.75) is 13.8 Å². The van der Waals surface area contributed by atoms with Crippen LogP contribution in [0.25, 0.3) is 0 Å². The van der Waals surface area contributed by atoms with Crippen molar-refractivity contribution < 1.29 is 9.47 Å². The second kappa shape index (κ2) is 6.79. The molecule has 0 unspecified atom stereocenters. The molecule has 0 bridgehead atoms. The number of benzene rings is 2. The van der Waals surface area contributed by atoms with Crippen molar-refractivity contribution in [1.29, 1.82) is 0 Å². The van der Waals surface area contributed by atoms with Gasteiger partial charge in [-0.3, -0.25) is 5.43 Å². The van der Waals surface area contributed by atoms with E-state index in [4.69, 9.17) is 9.47 Å². The van der Waals surface area contributed by atoms with Gasteiger partial charge >= 0.3 is 0 Å². The fourth-order valence-corrected chi connectivity index (χ4v) is 1.93. The molecule has 2 rings (SSSR count). The molecule has 0 atom stereocenters. The summed E-state index contributed by atoms with van der Waals surface area (Å²) in [5, 5.41) is 4.24. The molecule has 0 saturated carbocycles. The van der Waals surface area contributed by atoms with Crippen LogP contribution in [0.3, 0.4) is 0 Å². The topological polar surface area (TPSA) is 42.8 Å². The average Bonchev–Trinajstić information content (AvgIpc) is 2.50. The fourth-order valence-electron chi connectivity index (χ4n) is 1.93. The standard InChI is InChI=1S/C17H20N2O2/c1-12-5-7-15(9-13(12)2)19-18-11-14-6-8-16(20-3)17(10-14)21-4/h5-11,19H,1-4H3/b18-11+. The first-order chi connectivity index (χ1) is 10.1. The molecule has 2 aromatic carbocycles. The lowest BCUT2D eigenvalue weighted by Crippen LogP contribution is -1.94. The van der Waals surface area contributed by atoms with Crippen molar-refractivity contribution in [3.63, 3.8) is 0 Å². The molecule has 0 saturated heterocycles. The van der Waals surface area contributed by atoms with Gasteiger partial charge < -0.3 is 9.47 Å². The molecule has 0 aliphatic rings. The van der Waals surface area contributed by atoms with Gasteiger partial charge in [-0.25, -0.2) is 0 Å². The molecular weight excluding hydrogens is 264 g/mol. The van der Waals surface area contributed by atoms with Gasteiger partial charge in [-0.2, -0.15) is 5.10 Å². The van der Waals surface area contributed by atoms with E-state index in [-0.39, 0.29) is 0 Å². The highest BCUT2D eigenvalue weighted by atomic mass is 16.5. The summed E-state index contributed by atoms with van der Waals surface area (Å²) in [5.41, 5.74) is 7.43. The molecule has 0 heterocycles. The van der Waals surface area contributed by atoms with Crippen LogP contribution in [0.5, 0.6) is 11.5 Å². The van der Waals surface area contributed by atoms with E-state index >= 15 is 0 Å². The number of rotatable bonds is 5. The molecule has 0 spiro atoms. The Labute approximate surface area is 125 Å². The smallest absolute Gasteiger partial charge is 0.161 e. The first-order valence-corrected chi connectivity index (χ1v) is 6.72. The van der Waals surface area contributed by atoms with Crippen molar-refractivity contribution in [3.8, 4) is 11.5 Å². The maximum absolute atomic E-state index is 5.26. The quantitative estimate of drug-likeness (QED) is 0.671. The zero-order valence-electron chi connectivity index (χ0n) is 12.8. The van der Waals surface area contributed by atoms with Gasteiger partial charge in [0.15, 0.2) is 11.5 Å². The van der Waals surface area contributed by atoms with Gasteiger partial charge in [0.25, 0.3) is 0 Å². The van der Waals surface area contributed by atoms with Gasteiger partial charge in [0, 0.05) is 0 Å². The number of ether oxygens (including phenoxy) is 2. The Hall–Kier alpha value is -2.49. The molecule has 2 aromatic rings. The fraction of sp³-hybridized carbons (Fsp3) is 0.235. The summed E-state index contributed by atoms with van der Waals surface area (Å²) in [6, 6.07) is 11.8. The Morgan fingerprint density at radius 1 is 0.905 bits per heavy atom. The largest absolute Gasteiger partial charge is 0.493 e. The van der Waals surface area contributed by atoms with Gasteiger partial charge in [-0.1, -0.05) is 6.07 Å². The number of hydrogen-bond acceptors (Lipinski definition) is 4. The van der Waals surface area contributed by atoms with Gasteiger partial charge in [-0.15, -0.1) is 0 Å². The van der Waals surface area contributed by atoms with Crippen molar-refractivity contribution in [2.75, 3.05) is 19.6 Å². The molecule has 110 valence electrons. The summed E-state index contributed by atoms with van der Waals surface area (Å²) in [6.07, 6.45) is 1.75. The Bertz CT molecular complexity index is 651. The molecule has 1 N–H and O–H groups in total. The minimum absolute atomic E-state index is 0.688. The van der Waals surface area contributed by atoms with Crippen molar-refractivity contribution in [2.24, 2.45) is 5.10 Å². The van der Waals surface area contributed by atoms with Gasteiger partial charge in [0.1, 0.15) is 0 Å². The number of aryl methyl sites for hydroxylation is 2. The third-order valence-corrected chi connectivity index (χ3v) is 3.32. The van der Waals surface area contributed by atoms with Gasteiger partial charge in [0.2, 0.25) is 0 Å². The molecule has 0 aliphatic carbocycles. The summed E-state index contributed by atoms with van der Waals surface area (Å²) < 4.78 is 10.5. The molecule has 4 heteroatoms. The van der Waals surface area contributed by atoms with Crippen LogP contribution in [0.2, 0.25) is 0 Å². The lowest BCUT2D eigenvalue weighted by Gasteiger charge is -2.07. The van der Waals surface area contributed by atoms with E-state index in [1.165, 1.54) is 11.1 Å². The number of hydrogen-bond donors (Lipinski definition) is 1. The second-order valence-electron chi connectivity index (χ2n) is 4.78. The lowest BCUT2D eigenvalue weighted by atomic mass is 10.1. The SMILES string of the molecule is COc1ccc(/C=N/Nc2ccc(C)c(C)c2)cc1OC. The van der Waals surface area contributed by atoms with E-state index in [0.29, 0.717) is 11.5 Å². The first-order valence-electron chi connectivity index (χ1n) is 6.72. The molecular formula is C17H20N2O2. The van der Waals surface area contributed by atoms with Crippen LogP contribution in [0.15, 0.2) is 41.5 Å². The predicted octanol–water partition coefficient (Wildman–Crippen LogP) is 3.77. The minimum atomic E-state index is 0.688. The third-order valence-electron chi connectivity index (χ3n) is 3.32. The lowest BCUT2D eigenvalue weighted by molar-refractivity contribution is 0.355. The number of nitrogens with one attached hydrogen (secondary N) is 1. The maximum Gasteiger partial charge on any atom is 0.161 e. The average molecular weight is 284 g/mol. The third kappa shape index (κ3) is 3.75. The zero-order chi connectivity index (χ0) is 15.2. The highest BCUT2D eigenvalue weighted by Crippen LogP contribution is 2.26. The summed E-state index contributed by atoms with van der Waals surface area (Å²) in [4.78, 5) is 0. The Balaban J connectivity index is 2.08. The van der Waals surface area contributed by atoms with Gasteiger partial charge in [-0.05, 0) is 60.9 Å². The number of hydrazone groups is 1. The van der Waals surface area contributed by atoms with Crippen molar-refractivity contribution in [1.82, 2.24) is 0 Å². The van der Waals surface area contributed by atoms with E-state index in [2.05, 4.69) is 36.5 Å². The highest BCUT2D eigenvalue weighted by molar-refractivity contribution is 5.81. The van der Waals surface area contributed by atoms with Crippen LogP contribution in [0, 0.1) is 13.8 Å². The molecule has 21 heavy (non-hydrogen) atoms. The number of methoxy groups -OCH3 is 2. The Kier molecular flexibility index (Phi) is 4.82. The summed E-state index contributed by atoms with van der Waals surface area (Å²) in [5.74, 6) is 1.39.